The van der Waals surface area contributed by atoms with Gasteiger partial charge in [-0.3, -0.25) is 0 Å². The molecule has 0 N–H and O–H groups in total. The minimum Gasteiger partial charge on any atom is -0.377 e. The van der Waals surface area contributed by atoms with E-state index in [1.54, 1.807) is 7.11 Å². The van der Waals surface area contributed by atoms with Crippen molar-refractivity contribution in [3.63, 3.8) is 0 Å². The third kappa shape index (κ3) is 6.21. The van der Waals surface area contributed by atoms with Gasteiger partial charge in [0.1, 0.15) is 11.6 Å². The standard InChI is InChI=1S/C15H24F2O3Si/c1-11(2)19-21(18-5,20-12(3)4)7-6-13-8-14(16)10-15(17)9-13/h8-12H,6-7H2,1-5H3. The van der Waals surface area contributed by atoms with Crippen LogP contribution in [-0.4, -0.2) is 28.1 Å². The summed E-state index contributed by atoms with van der Waals surface area (Å²) >= 11 is 0. The summed E-state index contributed by atoms with van der Waals surface area (Å²) in [6.07, 6.45) is 0.355. The van der Waals surface area contributed by atoms with E-state index in [9.17, 15) is 8.78 Å². The molecule has 21 heavy (non-hydrogen) atoms. The minimum absolute atomic E-state index is 0.0420. The Morgan fingerprint density at radius 1 is 0.952 bits per heavy atom. The first-order valence-electron chi connectivity index (χ1n) is 7.12. The average molecular weight is 318 g/mol. The van der Waals surface area contributed by atoms with E-state index in [1.807, 2.05) is 27.7 Å². The molecule has 0 spiro atoms. The maximum Gasteiger partial charge on any atom is 0.501 e. The third-order valence-corrected chi connectivity index (χ3v) is 5.93. The molecule has 0 aliphatic carbocycles. The van der Waals surface area contributed by atoms with E-state index in [4.69, 9.17) is 13.3 Å². The maximum atomic E-state index is 13.2. The number of benzene rings is 1. The summed E-state index contributed by atoms with van der Waals surface area (Å²) in [5.41, 5.74) is 0.570. The van der Waals surface area contributed by atoms with Gasteiger partial charge in [-0.2, -0.15) is 0 Å². The van der Waals surface area contributed by atoms with Crippen molar-refractivity contribution in [3.05, 3.63) is 35.4 Å². The summed E-state index contributed by atoms with van der Waals surface area (Å²) in [6, 6.07) is 3.98. The summed E-state index contributed by atoms with van der Waals surface area (Å²) in [6.45, 7) is 7.64. The molecule has 0 fully saturated rings. The van der Waals surface area contributed by atoms with Crippen LogP contribution in [0.4, 0.5) is 8.78 Å². The molecule has 120 valence electrons. The first-order chi connectivity index (χ1) is 9.76. The van der Waals surface area contributed by atoms with Crippen molar-refractivity contribution in [2.45, 2.75) is 52.4 Å². The number of halogens is 2. The van der Waals surface area contributed by atoms with Crippen molar-refractivity contribution in [1.29, 1.82) is 0 Å². The lowest BCUT2D eigenvalue weighted by Gasteiger charge is -2.31. The molecule has 1 aromatic rings. The largest absolute Gasteiger partial charge is 0.501 e. The molecule has 6 heteroatoms. The van der Waals surface area contributed by atoms with Gasteiger partial charge < -0.3 is 13.3 Å². The van der Waals surface area contributed by atoms with Crippen LogP contribution in [0.5, 0.6) is 0 Å². The van der Waals surface area contributed by atoms with Gasteiger partial charge in [-0.05, 0) is 51.8 Å². The summed E-state index contributed by atoms with van der Waals surface area (Å²) in [5.74, 6) is -1.16. The normalized spacial score (nSPS) is 12.4. The van der Waals surface area contributed by atoms with Gasteiger partial charge in [0.05, 0.1) is 0 Å². The predicted octanol–water partition coefficient (Wildman–Crippen LogP) is 3.94. The van der Waals surface area contributed by atoms with Crippen LogP contribution in [-0.2, 0) is 19.7 Å². The SMILES string of the molecule is CO[Si](CCc1cc(F)cc(F)c1)(OC(C)C)OC(C)C. The quantitative estimate of drug-likeness (QED) is 0.679. The lowest BCUT2D eigenvalue weighted by atomic mass is 10.2. The molecule has 0 aliphatic rings. The summed E-state index contributed by atoms with van der Waals surface area (Å²) in [5, 5.41) is 0. The van der Waals surface area contributed by atoms with Crippen molar-refractivity contribution >= 4 is 8.80 Å². The highest BCUT2D eigenvalue weighted by atomic mass is 28.4. The van der Waals surface area contributed by atoms with Crippen LogP contribution in [0.25, 0.3) is 0 Å². The fourth-order valence-corrected chi connectivity index (χ4v) is 4.83. The Morgan fingerprint density at radius 2 is 1.43 bits per heavy atom. The van der Waals surface area contributed by atoms with Crippen LogP contribution in [0.3, 0.4) is 0 Å². The Morgan fingerprint density at radius 3 is 1.81 bits per heavy atom. The lowest BCUT2D eigenvalue weighted by Crippen LogP contribution is -2.48. The minimum atomic E-state index is -2.86. The second-order valence-electron chi connectivity index (χ2n) is 5.50. The zero-order chi connectivity index (χ0) is 16.0. The smallest absolute Gasteiger partial charge is 0.377 e. The molecular formula is C15H24F2O3Si. The Bertz CT molecular complexity index is 422. The molecule has 0 saturated carbocycles. The van der Waals surface area contributed by atoms with Crippen LogP contribution in [0.2, 0.25) is 6.04 Å². The number of rotatable bonds is 8. The molecule has 0 heterocycles. The molecule has 0 bridgehead atoms. The van der Waals surface area contributed by atoms with Gasteiger partial charge in [0, 0.05) is 31.4 Å². The highest BCUT2D eigenvalue weighted by Crippen LogP contribution is 2.22. The number of aryl methyl sites for hydroxylation is 1. The zero-order valence-corrected chi connectivity index (χ0v) is 14.3. The molecule has 0 aliphatic heterocycles. The Hall–Kier alpha value is -0.823. The van der Waals surface area contributed by atoms with Crippen molar-refractivity contribution in [2.24, 2.45) is 0 Å². The number of hydrogen-bond acceptors (Lipinski definition) is 3. The first kappa shape index (κ1) is 18.2. The van der Waals surface area contributed by atoms with E-state index < -0.39 is 20.4 Å². The van der Waals surface area contributed by atoms with E-state index in [-0.39, 0.29) is 12.2 Å². The Kier molecular flexibility index (Phi) is 6.93. The van der Waals surface area contributed by atoms with Gasteiger partial charge in [0.2, 0.25) is 0 Å². The molecule has 0 unspecified atom stereocenters. The molecule has 1 aromatic carbocycles. The van der Waals surface area contributed by atoms with Crippen LogP contribution in [0.1, 0.15) is 33.3 Å². The number of hydrogen-bond donors (Lipinski definition) is 0. The second kappa shape index (κ2) is 7.98. The second-order valence-corrected chi connectivity index (χ2v) is 8.24. The Balaban J connectivity index is 2.84. The molecule has 0 aromatic heterocycles. The van der Waals surface area contributed by atoms with Gasteiger partial charge in [-0.1, -0.05) is 0 Å². The molecule has 0 atom stereocenters. The fourth-order valence-electron chi connectivity index (χ4n) is 2.11. The van der Waals surface area contributed by atoms with E-state index >= 15 is 0 Å². The highest BCUT2D eigenvalue weighted by Gasteiger charge is 2.41. The summed E-state index contributed by atoms with van der Waals surface area (Å²) in [7, 11) is -1.30. The molecule has 0 amide bonds. The van der Waals surface area contributed by atoms with Gasteiger partial charge in [-0.25, -0.2) is 8.78 Å². The van der Waals surface area contributed by atoms with Crippen LogP contribution < -0.4 is 0 Å². The molecular weight excluding hydrogens is 294 g/mol. The zero-order valence-electron chi connectivity index (χ0n) is 13.3. The topological polar surface area (TPSA) is 27.7 Å². The van der Waals surface area contributed by atoms with Gasteiger partial charge in [0.15, 0.2) is 0 Å². The average Bonchev–Trinajstić information content (AvgIpc) is 2.33. The van der Waals surface area contributed by atoms with Crippen molar-refractivity contribution in [2.75, 3.05) is 7.11 Å². The predicted molar refractivity (Wildman–Crippen MR) is 80.1 cm³/mol. The molecule has 1 rings (SSSR count). The van der Waals surface area contributed by atoms with Crippen molar-refractivity contribution in [1.82, 2.24) is 0 Å². The van der Waals surface area contributed by atoms with Crippen LogP contribution in [0, 0.1) is 11.6 Å². The summed E-state index contributed by atoms with van der Waals surface area (Å²) < 4.78 is 43.8. The third-order valence-electron chi connectivity index (χ3n) is 2.78. The maximum absolute atomic E-state index is 13.2. The van der Waals surface area contributed by atoms with E-state index in [2.05, 4.69) is 0 Å². The Labute approximate surface area is 126 Å². The van der Waals surface area contributed by atoms with Crippen LogP contribution in [0.15, 0.2) is 18.2 Å². The van der Waals surface area contributed by atoms with E-state index in [0.717, 1.165) is 6.07 Å². The van der Waals surface area contributed by atoms with E-state index in [0.29, 0.717) is 18.0 Å². The lowest BCUT2D eigenvalue weighted by molar-refractivity contribution is 0.0329. The van der Waals surface area contributed by atoms with Gasteiger partial charge >= 0.3 is 8.80 Å². The fraction of sp³-hybridized carbons (Fsp3) is 0.600. The first-order valence-corrected chi connectivity index (χ1v) is 9.05. The molecule has 0 radical (unpaired) electrons. The van der Waals surface area contributed by atoms with Gasteiger partial charge in [0.25, 0.3) is 0 Å². The van der Waals surface area contributed by atoms with Gasteiger partial charge in [-0.15, -0.1) is 0 Å². The summed E-state index contributed by atoms with van der Waals surface area (Å²) in [4.78, 5) is 0. The highest BCUT2D eigenvalue weighted by molar-refractivity contribution is 6.60. The van der Waals surface area contributed by atoms with E-state index in [1.165, 1.54) is 12.1 Å². The molecule has 0 saturated heterocycles. The van der Waals surface area contributed by atoms with Crippen molar-refractivity contribution < 1.29 is 22.1 Å². The van der Waals surface area contributed by atoms with Crippen molar-refractivity contribution in [3.8, 4) is 0 Å². The molecule has 3 nitrogen and oxygen atoms in total. The monoisotopic (exact) mass is 318 g/mol. The van der Waals surface area contributed by atoms with Crippen LogP contribution >= 0.6 is 0 Å².